The Morgan fingerprint density at radius 2 is 1.37 bits per heavy atom. The number of anilines is 1. The number of amides is 2. The van der Waals surface area contributed by atoms with Crippen molar-refractivity contribution in [3.05, 3.63) is 30.1 Å². The SMILES string of the molecule is CN1CCN(C(=O)C2CC2C(=O)N2CCN(c3ccccc3F)CC2)CC1. The van der Waals surface area contributed by atoms with Crippen LogP contribution in [-0.4, -0.2) is 85.9 Å². The van der Waals surface area contributed by atoms with E-state index >= 15 is 0 Å². The van der Waals surface area contributed by atoms with E-state index in [4.69, 9.17) is 0 Å². The molecule has 0 radical (unpaired) electrons. The highest BCUT2D eigenvalue weighted by atomic mass is 19.1. The summed E-state index contributed by atoms with van der Waals surface area (Å²) in [6, 6.07) is 6.75. The second-order valence-electron chi connectivity index (χ2n) is 7.84. The number of benzene rings is 1. The molecule has 1 aromatic rings. The van der Waals surface area contributed by atoms with E-state index in [-0.39, 0.29) is 29.5 Å². The van der Waals surface area contributed by atoms with E-state index in [1.54, 1.807) is 12.1 Å². The average Bonchev–Trinajstić information content (AvgIpc) is 3.49. The number of piperazine rings is 2. The summed E-state index contributed by atoms with van der Waals surface area (Å²) in [5, 5.41) is 0. The van der Waals surface area contributed by atoms with Crippen molar-refractivity contribution in [1.29, 1.82) is 0 Å². The highest BCUT2D eigenvalue weighted by Crippen LogP contribution is 2.41. The predicted octanol–water partition coefficient (Wildman–Crippen LogP) is 0.884. The Labute approximate surface area is 159 Å². The Balaban J connectivity index is 1.28. The third kappa shape index (κ3) is 3.78. The molecule has 2 atom stereocenters. The van der Waals surface area contributed by atoms with Crippen molar-refractivity contribution < 1.29 is 14.0 Å². The largest absolute Gasteiger partial charge is 0.366 e. The topological polar surface area (TPSA) is 47.1 Å². The fraction of sp³-hybridized carbons (Fsp3) is 0.600. The molecule has 0 spiro atoms. The molecule has 0 bridgehead atoms. The highest BCUT2D eigenvalue weighted by molar-refractivity contribution is 5.92. The summed E-state index contributed by atoms with van der Waals surface area (Å²) in [5.74, 6) is -0.276. The Morgan fingerprint density at radius 1 is 0.852 bits per heavy atom. The summed E-state index contributed by atoms with van der Waals surface area (Å²) in [7, 11) is 2.06. The zero-order valence-electron chi connectivity index (χ0n) is 15.8. The van der Waals surface area contributed by atoms with Gasteiger partial charge in [0.1, 0.15) is 5.82 Å². The molecule has 2 amide bonds. The molecule has 0 N–H and O–H groups in total. The van der Waals surface area contributed by atoms with Gasteiger partial charge in [0.2, 0.25) is 11.8 Å². The van der Waals surface area contributed by atoms with E-state index < -0.39 is 0 Å². The lowest BCUT2D eigenvalue weighted by Gasteiger charge is -2.36. The van der Waals surface area contributed by atoms with Gasteiger partial charge in [-0.3, -0.25) is 9.59 Å². The van der Waals surface area contributed by atoms with Crippen molar-refractivity contribution in [2.24, 2.45) is 11.8 Å². The lowest BCUT2D eigenvalue weighted by atomic mass is 10.2. The first-order valence-corrected chi connectivity index (χ1v) is 9.80. The number of rotatable bonds is 3. The average molecular weight is 374 g/mol. The minimum atomic E-state index is -0.225. The minimum Gasteiger partial charge on any atom is -0.366 e. The summed E-state index contributed by atoms with van der Waals surface area (Å²) in [4.78, 5) is 33.4. The van der Waals surface area contributed by atoms with Crippen LogP contribution in [0.2, 0.25) is 0 Å². The number of para-hydroxylation sites is 1. The van der Waals surface area contributed by atoms with E-state index in [1.807, 2.05) is 20.8 Å². The Kier molecular flexibility index (Phi) is 5.04. The fourth-order valence-corrected chi connectivity index (χ4v) is 4.11. The first kappa shape index (κ1) is 18.2. The molecule has 2 aliphatic heterocycles. The zero-order valence-corrected chi connectivity index (χ0v) is 15.8. The Morgan fingerprint density at radius 3 is 1.93 bits per heavy atom. The van der Waals surface area contributed by atoms with Crippen molar-refractivity contribution in [1.82, 2.24) is 14.7 Å². The van der Waals surface area contributed by atoms with Crippen LogP contribution in [0.15, 0.2) is 24.3 Å². The van der Waals surface area contributed by atoms with Crippen LogP contribution < -0.4 is 4.90 Å². The molecule has 1 saturated carbocycles. The van der Waals surface area contributed by atoms with Gasteiger partial charge in [0.15, 0.2) is 0 Å². The van der Waals surface area contributed by atoms with Gasteiger partial charge in [-0.1, -0.05) is 12.1 Å². The van der Waals surface area contributed by atoms with Crippen molar-refractivity contribution in [2.45, 2.75) is 6.42 Å². The summed E-state index contributed by atoms with van der Waals surface area (Å²) >= 11 is 0. The van der Waals surface area contributed by atoms with E-state index in [2.05, 4.69) is 11.9 Å². The molecular formula is C20H27FN4O2. The maximum absolute atomic E-state index is 13.9. The van der Waals surface area contributed by atoms with Gasteiger partial charge in [-0.25, -0.2) is 4.39 Å². The van der Waals surface area contributed by atoms with Crippen LogP contribution in [0.3, 0.4) is 0 Å². The van der Waals surface area contributed by atoms with Crippen molar-refractivity contribution in [2.75, 3.05) is 64.3 Å². The van der Waals surface area contributed by atoms with Crippen LogP contribution in [0.1, 0.15) is 6.42 Å². The van der Waals surface area contributed by atoms with E-state index in [0.717, 1.165) is 26.2 Å². The van der Waals surface area contributed by atoms with Crippen LogP contribution in [-0.2, 0) is 9.59 Å². The predicted molar refractivity (Wildman–Crippen MR) is 101 cm³/mol. The van der Waals surface area contributed by atoms with Crippen LogP contribution in [0.4, 0.5) is 10.1 Å². The fourth-order valence-electron chi connectivity index (χ4n) is 4.11. The quantitative estimate of drug-likeness (QED) is 0.788. The number of carbonyl (C=O) groups excluding carboxylic acids is 2. The molecule has 146 valence electrons. The molecule has 2 saturated heterocycles. The van der Waals surface area contributed by atoms with Gasteiger partial charge in [0.25, 0.3) is 0 Å². The van der Waals surface area contributed by atoms with E-state index in [1.165, 1.54) is 6.07 Å². The number of halogens is 1. The maximum Gasteiger partial charge on any atom is 0.226 e. The van der Waals surface area contributed by atoms with Crippen molar-refractivity contribution in [3.63, 3.8) is 0 Å². The molecule has 1 aromatic carbocycles. The second-order valence-corrected chi connectivity index (χ2v) is 7.84. The van der Waals surface area contributed by atoms with Gasteiger partial charge in [0.05, 0.1) is 17.5 Å². The number of hydrogen-bond donors (Lipinski definition) is 0. The lowest BCUT2D eigenvalue weighted by molar-refractivity contribution is -0.139. The zero-order chi connectivity index (χ0) is 19.0. The number of nitrogens with zero attached hydrogens (tertiary/aromatic N) is 4. The summed E-state index contributed by atoms with van der Waals surface area (Å²) in [6.45, 7) is 5.72. The number of carbonyl (C=O) groups is 2. The van der Waals surface area contributed by atoms with Crippen molar-refractivity contribution >= 4 is 17.5 Å². The summed E-state index contributed by atoms with van der Waals surface area (Å²) in [5.41, 5.74) is 0.596. The van der Waals surface area contributed by atoms with Crippen LogP contribution in [0.5, 0.6) is 0 Å². The third-order valence-corrected chi connectivity index (χ3v) is 6.02. The van der Waals surface area contributed by atoms with Gasteiger partial charge in [-0.2, -0.15) is 0 Å². The van der Waals surface area contributed by atoms with Crippen LogP contribution >= 0.6 is 0 Å². The molecule has 0 aromatic heterocycles. The normalized spacial score (nSPS) is 26.2. The summed E-state index contributed by atoms with van der Waals surface area (Å²) < 4.78 is 13.9. The Hall–Kier alpha value is -2.15. The molecule has 7 heteroatoms. The lowest BCUT2D eigenvalue weighted by Crippen LogP contribution is -2.50. The van der Waals surface area contributed by atoms with Gasteiger partial charge >= 0.3 is 0 Å². The standard InChI is InChI=1S/C20H27FN4O2/c1-22-6-8-24(9-7-22)19(26)15-14-16(15)20(27)25-12-10-23(11-13-25)18-5-3-2-4-17(18)21/h2-5,15-16H,6-14H2,1H3. The molecule has 2 heterocycles. The second kappa shape index (κ2) is 7.46. The van der Waals surface area contributed by atoms with E-state index in [9.17, 15) is 14.0 Å². The molecule has 1 aliphatic carbocycles. The van der Waals surface area contributed by atoms with Gasteiger partial charge in [-0.15, -0.1) is 0 Å². The highest BCUT2D eigenvalue weighted by Gasteiger charge is 2.51. The molecule has 6 nitrogen and oxygen atoms in total. The molecule has 3 fully saturated rings. The molecule has 27 heavy (non-hydrogen) atoms. The third-order valence-electron chi connectivity index (χ3n) is 6.02. The van der Waals surface area contributed by atoms with Crippen molar-refractivity contribution in [3.8, 4) is 0 Å². The Bertz CT molecular complexity index is 712. The summed E-state index contributed by atoms with van der Waals surface area (Å²) in [6.07, 6.45) is 0.678. The first-order chi connectivity index (χ1) is 13.0. The van der Waals surface area contributed by atoms with Crippen LogP contribution in [0, 0.1) is 17.7 Å². The first-order valence-electron chi connectivity index (χ1n) is 9.80. The molecule has 4 rings (SSSR count). The smallest absolute Gasteiger partial charge is 0.226 e. The van der Waals surface area contributed by atoms with Crippen LogP contribution in [0.25, 0.3) is 0 Å². The van der Waals surface area contributed by atoms with E-state index in [0.29, 0.717) is 38.3 Å². The number of likely N-dealkylation sites (N-methyl/N-ethyl adjacent to an activating group) is 1. The monoisotopic (exact) mass is 374 g/mol. The van der Waals surface area contributed by atoms with Gasteiger partial charge < -0.3 is 19.6 Å². The van der Waals surface area contributed by atoms with Gasteiger partial charge in [0, 0.05) is 52.4 Å². The number of hydrogen-bond acceptors (Lipinski definition) is 4. The molecular weight excluding hydrogens is 347 g/mol. The molecule has 3 aliphatic rings. The maximum atomic E-state index is 13.9. The minimum absolute atomic E-state index is 0.0932. The molecule has 2 unspecified atom stereocenters. The van der Waals surface area contributed by atoms with Gasteiger partial charge in [-0.05, 0) is 25.6 Å².